The summed E-state index contributed by atoms with van der Waals surface area (Å²) in [4.78, 5) is 0. The topological polar surface area (TPSA) is 0 Å². The van der Waals surface area contributed by atoms with Gasteiger partial charge in [-0.25, -0.2) is 0 Å². The van der Waals surface area contributed by atoms with Crippen LogP contribution in [0.25, 0.3) is 0 Å². The standard InChI is InChI=1S/C9H19S2/c1-3-5-7-10-9-11-8-6-4-2/h9H,3-8H2,1-2H3. The van der Waals surface area contributed by atoms with Gasteiger partial charge in [-0.2, -0.15) is 0 Å². The quantitative estimate of drug-likeness (QED) is 0.528. The molecule has 1 radical (unpaired) electrons. The van der Waals surface area contributed by atoms with Crippen LogP contribution in [-0.4, -0.2) is 11.5 Å². The molecule has 0 aliphatic rings. The van der Waals surface area contributed by atoms with E-state index in [0.717, 1.165) is 0 Å². The van der Waals surface area contributed by atoms with E-state index >= 15 is 0 Å². The highest BCUT2D eigenvalue weighted by Crippen LogP contribution is 2.20. The molecule has 0 atom stereocenters. The van der Waals surface area contributed by atoms with Crippen LogP contribution in [0.4, 0.5) is 0 Å². The fraction of sp³-hybridized carbons (Fsp3) is 0.889. The Morgan fingerprint density at radius 1 is 0.909 bits per heavy atom. The van der Waals surface area contributed by atoms with Crippen LogP contribution in [0.15, 0.2) is 0 Å². The van der Waals surface area contributed by atoms with Crippen LogP contribution < -0.4 is 0 Å². The molecule has 0 bridgehead atoms. The van der Waals surface area contributed by atoms with Gasteiger partial charge >= 0.3 is 0 Å². The first-order valence-electron chi connectivity index (χ1n) is 4.46. The molecule has 0 spiro atoms. The molecule has 11 heavy (non-hydrogen) atoms. The Kier molecular flexibility index (Phi) is 11.4. The maximum Gasteiger partial charge on any atom is 0.0712 e. The van der Waals surface area contributed by atoms with Crippen molar-refractivity contribution in [1.82, 2.24) is 0 Å². The molecule has 0 nitrogen and oxygen atoms in total. The molecule has 0 fully saturated rings. The summed E-state index contributed by atoms with van der Waals surface area (Å²) in [5.74, 6) is 2.60. The fourth-order valence-corrected chi connectivity index (χ4v) is 2.67. The lowest BCUT2D eigenvalue weighted by molar-refractivity contribution is 0.896. The van der Waals surface area contributed by atoms with Crippen molar-refractivity contribution in [3.8, 4) is 0 Å². The Hall–Kier alpha value is 0.700. The molecule has 0 amide bonds. The summed E-state index contributed by atoms with van der Waals surface area (Å²) in [7, 11) is 0. The number of rotatable bonds is 8. The Balaban J connectivity index is 2.69. The van der Waals surface area contributed by atoms with E-state index in [-0.39, 0.29) is 0 Å². The lowest BCUT2D eigenvalue weighted by atomic mass is 10.4. The molecule has 0 saturated heterocycles. The Bertz CT molecular complexity index is 56.6. The summed E-state index contributed by atoms with van der Waals surface area (Å²) in [6, 6.07) is 0. The van der Waals surface area contributed by atoms with Crippen LogP contribution in [0.1, 0.15) is 39.5 Å². The van der Waals surface area contributed by atoms with E-state index < -0.39 is 0 Å². The summed E-state index contributed by atoms with van der Waals surface area (Å²) in [6.07, 6.45) is 5.35. The highest BCUT2D eigenvalue weighted by Gasteiger charge is 1.89. The van der Waals surface area contributed by atoms with Gasteiger partial charge in [0, 0.05) is 0 Å². The van der Waals surface area contributed by atoms with E-state index in [1.807, 2.05) is 23.5 Å². The minimum atomic E-state index is 1.30. The third-order valence-electron chi connectivity index (χ3n) is 1.37. The largest absolute Gasteiger partial charge is 0.146 e. The third kappa shape index (κ3) is 10.7. The smallest absolute Gasteiger partial charge is 0.0712 e. The van der Waals surface area contributed by atoms with Crippen LogP contribution in [0.3, 0.4) is 0 Å². The summed E-state index contributed by atoms with van der Waals surface area (Å²) in [5.41, 5.74) is 0. The average Bonchev–Trinajstić information content (AvgIpc) is 2.03. The molecule has 67 valence electrons. The van der Waals surface area contributed by atoms with Gasteiger partial charge in [-0.1, -0.05) is 26.7 Å². The van der Waals surface area contributed by atoms with Gasteiger partial charge in [-0.05, 0) is 24.3 Å². The van der Waals surface area contributed by atoms with Gasteiger partial charge in [0.05, 0.1) is 5.08 Å². The van der Waals surface area contributed by atoms with Gasteiger partial charge in [0.15, 0.2) is 0 Å². The second-order valence-corrected chi connectivity index (χ2v) is 4.80. The monoisotopic (exact) mass is 191 g/mol. The molecular weight excluding hydrogens is 172 g/mol. The van der Waals surface area contributed by atoms with Gasteiger partial charge in [-0.3, -0.25) is 0 Å². The number of unbranched alkanes of at least 4 members (excludes halogenated alkanes) is 2. The van der Waals surface area contributed by atoms with Crippen molar-refractivity contribution < 1.29 is 0 Å². The predicted molar refractivity (Wildman–Crippen MR) is 59.0 cm³/mol. The number of thioether (sulfide) groups is 2. The molecule has 0 aliphatic heterocycles. The predicted octanol–water partition coefficient (Wildman–Crippen LogP) is 4.17. The maximum absolute atomic E-state index is 2.30. The minimum Gasteiger partial charge on any atom is -0.146 e. The maximum atomic E-state index is 2.30. The van der Waals surface area contributed by atoms with Crippen molar-refractivity contribution in [3.63, 3.8) is 0 Å². The fourth-order valence-electron chi connectivity index (χ4n) is 0.600. The third-order valence-corrected chi connectivity index (χ3v) is 3.50. The zero-order chi connectivity index (χ0) is 8.36. The van der Waals surface area contributed by atoms with Gasteiger partial charge in [0.2, 0.25) is 0 Å². The van der Waals surface area contributed by atoms with E-state index in [2.05, 4.69) is 18.9 Å². The molecule has 0 saturated carbocycles. The zero-order valence-corrected chi connectivity index (χ0v) is 9.27. The molecule has 0 unspecified atom stereocenters. The first kappa shape index (κ1) is 11.7. The van der Waals surface area contributed by atoms with Crippen molar-refractivity contribution in [2.24, 2.45) is 0 Å². The summed E-state index contributed by atoms with van der Waals surface area (Å²) >= 11 is 3.93. The summed E-state index contributed by atoms with van der Waals surface area (Å²) in [5, 5.41) is 2.30. The molecule has 0 aromatic carbocycles. The lowest BCUT2D eigenvalue weighted by Crippen LogP contribution is -1.77. The van der Waals surface area contributed by atoms with E-state index in [1.54, 1.807) is 0 Å². The lowest BCUT2D eigenvalue weighted by Gasteiger charge is -1.98. The van der Waals surface area contributed by atoms with Crippen molar-refractivity contribution in [2.45, 2.75) is 39.5 Å². The summed E-state index contributed by atoms with van der Waals surface area (Å²) in [6.45, 7) is 4.48. The van der Waals surface area contributed by atoms with Crippen LogP contribution in [0, 0.1) is 5.08 Å². The summed E-state index contributed by atoms with van der Waals surface area (Å²) < 4.78 is 0. The Morgan fingerprint density at radius 3 is 1.73 bits per heavy atom. The van der Waals surface area contributed by atoms with E-state index in [1.165, 1.54) is 37.2 Å². The molecule has 0 aromatic rings. The first-order chi connectivity index (χ1) is 5.41. The molecule has 0 N–H and O–H groups in total. The van der Waals surface area contributed by atoms with Crippen molar-refractivity contribution in [1.29, 1.82) is 0 Å². The highest BCUT2D eigenvalue weighted by molar-refractivity contribution is 8.19. The number of hydrogen-bond acceptors (Lipinski definition) is 2. The van der Waals surface area contributed by atoms with Crippen LogP contribution >= 0.6 is 23.5 Å². The normalized spacial score (nSPS) is 10.4. The molecule has 2 heteroatoms. The molecule has 0 aromatic heterocycles. The second-order valence-electron chi connectivity index (χ2n) is 2.54. The first-order valence-corrected chi connectivity index (χ1v) is 6.56. The Labute approximate surface area is 79.9 Å². The van der Waals surface area contributed by atoms with Crippen molar-refractivity contribution in [2.75, 3.05) is 11.5 Å². The van der Waals surface area contributed by atoms with Gasteiger partial charge in [0.1, 0.15) is 0 Å². The molecule has 0 aliphatic carbocycles. The van der Waals surface area contributed by atoms with Gasteiger partial charge < -0.3 is 0 Å². The minimum absolute atomic E-state index is 1.30. The van der Waals surface area contributed by atoms with Crippen LogP contribution in [0.2, 0.25) is 0 Å². The van der Waals surface area contributed by atoms with Gasteiger partial charge in [0.25, 0.3) is 0 Å². The van der Waals surface area contributed by atoms with E-state index in [4.69, 9.17) is 0 Å². The van der Waals surface area contributed by atoms with E-state index in [0.29, 0.717) is 0 Å². The van der Waals surface area contributed by atoms with Crippen LogP contribution in [0.5, 0.6) is 0 Å². The van der Waals surface area contributed by atoms with Crippen molar-refractivity contribution in [3.05, 3.63) is 5.08 Å². The average molecular weight is 191 g/mol. The molecular formula is C9H19S2. The second kappa shape index (κ2) is 10.7. The van der Waals surface area contributed by atoms with Crippen LogP contribution in [-0.2, 0) is 0 Å². The SMILES string of the molecule is CCCCS[CH]SCCCC. The van der Waals surface area contributed by atoms with E-state index in [9.17, 15) is 0 Å². The molecule has 0 heterocycles. The zero-order valence-electron chi connectivity index (χ0n) is 7.64. The van der Waals surface area contributed by atoms with Crippen molar-refractivity contribution >= 4 is 23.5 Å². The molecule has 0 rings (SSSR count). The highest BCUT2D eigenvalue weighted by atomic mass is 32.2. The Morgan fingerprint density at radius 2 is 1.36 bits per heavy atom. The number of hydrogen-bond donors (Lipinski definition) is 0. The van der Waals surface area contributed by atoms with Gasteiger partial charge in [-0.15, -0.1) is 23.5 Å².